The number of nitrogens with zero attached hydrogens (tertiary/aromatic N) is 3. The summed E-state index contributed by atoms with van der Waals surface area (Å²) >= 11 is 5.92. The molecule has 0 aliphatic heterocycles. The van der Waals surface area contributed by atoms with Gasteiger partial charge in [0.25, 0.3) is 15.7 Å². The molecule has 0 aliphatic carbocycles. The Morgan fingerprint density at radius 3 is 2.41 bits per heavy atom. The third kappa shape index (κ3) is 4.79. The topological polar surface area (TPSA) is 124 Å². The molecule has 0 fully saturated rings. The molecule has 0 saturated heterocycles. The third-order valence-corrected chi connectivity index (χ3v) is 5.64. The first-order valence-corrected chi connectivity index (χ1v) is 10.2. The summed E-state index contributed by atoms with van der Waals surface area (Å²) in [5.74, 6) is 0.412. The van der Waals surface area contributed by atoms with E-state index in [1.165, 1.54) is 18.2 Å². The van der Waals surface area contributed by atoms with Crippen LogP contribution in [0, 0.1) is 10.1 Å². The average molecular weight is 435 g/mol. The van der Waals surface area contributed by atoms with Crippen molar-refractivity contribution in [3.05, 3.63) is 69.7 Å². The molecule has 0 unspecified atom stereocenters. The summed E-state index contributed by atoms with van der Waals surface area (Å²) in [6.45, 7) is 2.33. The number of aromatic nitrogens is 2. The minimum absolute atomic E-state index is 0.121. The van der Waals surface area contributed by atoms with Crippen LogP contribution >= 0.6 is 11.6 Å². The number of benzene rings is 2. The first kappa shape index (κ1) is 20.5. The van der Waals surface area contributed by atoms with Gasteiger partial charge in [-0.25, -0.2) is 8.42 Å². The number of hydrogen-bond donors (Lipinski definition) is 1. The van der Waals surface area contributed by atoms with Crippen LogP contribution in [0.5, 0.6) is 5.88 Å². The van der Waals surface area contributed by atoms with E-state index in [1.54, 1.807) is 24.3 Å². The van der Waals surface area contributed by atoms with Crippen LogP contribution in [0.2, 0.25) is 5.02 Å². The van der Waals surface area contributed by atoms with Gasteiger partial charge in [0, 0.05) is 29.4 Å². The molecule has 11 heteroatoms. The Bertz CT molecular complexity index is 1140. The summed E-state index contributed by atoms with van der Waals surface area (Å²) in [5, 5.41) is 18.8. The molecule has 1 aromatic heterocycles. The average Bonchev–Trinajstić information content (AvgIpc) is 2.69. The Morgan fingerprint density at radius 2 is 1.83 bits per heavy atom. The van der Waals surface area contributed by atoms with Crippen LogP contribution in [0.25, 0.3) is 11.3 Å². The van der Waals surface area contributed by atoms with Crippen molar-refractivity contribution >= 4 is 33.0 Å². The van der Waals surface area contributed by atoms with Crippen molar-refractivity contribution in [3.8, 4) is 17.1 Å². The van der Waals surface area contributed by atoms with Crippen molar-refractivity contribution in [2.45, 2.75) is 11.8 Å². The zero-order valence-corrected chi connectivity index (χ0v) is 16.6. The molecule has 29 heavy (non-hydrogen) atoms. The second-order valence-electron chi connectivity index (χ2n) is 5.74. The molecule has 9 nitrogen and oxygen atoms in total. The van der Waals surface area contributed by atoms with Crippen LogP contribution in [0.1, 0.15) is 6.92 Å². The standard InChI is InChI=1S/C18H15ClN4O5S/c1-2-28-18-10-9-16(20-21-18)12-3-5-13(6-4-12)22-29(26,27)17-11-14(23(24)25)7-8-15(17)19/h3-11,22H,2H2,1H3. The Labute approximate surface area is 171 Å². The molecule has 0 aliphatic rings. The Hall–Kier alpha value is -3.24. The van der Waals surface area contributed by atoms with Crippen LogP contribution in [0.4, 0.5) is 11.4 Å². The van der Waals surface area contributed by atoms with Gasteiger partial charge in [-0.15, -0.1) is 10.2 Å². The first-order chi connectivity index (χ1) is 13.8. The van der Waals surface area contributed by atoms with Gasteiger partial charge in [0.2, 0.25) is 5.88 Å². The van der Waals surface area contributed by atoms with Crippen molar-refractivity contribution in [1.82, 2.24) is 10.2 Å². The van der Waals surface area contributed by atoms with E-state index in [0.29, 0.717) is 18.2 Å². The monoisotopic (exact) mass is 434 g/mol. The number of nitrogens with one attached hydrogen (secondary N) is 1. The molecular weight excluding hydrogens is 420 g/mol. The lowest BCUT2D eigenvalue weighted by Crippen LogP contribution is -2.13. The normalized spacial score (nSPS) is 11.1. The van der Waals surface area contributed by atoms with E-state index in [-0.39, 0.29) is 21.3 Å². The molecule has 0 radical (unpaired) electrons. The number of rotatable bonds is 7. The highest BCUT2D eigenvalue weighted by Gasteiger charge is 2.21. The van der Waals surface area contributed by atoms with Gasteiger partial charge in [0.15, 0.2) is 0 Å². The number of nitro groups is 1. The van der Waals surface area contributed by atoms with E-state index >= 15 is 0 Å². The second kappa shape index (κ2) is 8.41. The molecule has 0 saturated carbocycles. The SMILES string of the molecule is CCOc1ccc(-c2ccc(NS(=O)(=O)c3cc([N+](=O)[O-])ccc3Cl)cc2)nn1. The smallest absolute Gasteiger partial charge is 0.270 e. The van der Waals surface area contributed by atoms with Gasteiger partial charge >= 0.3 is 0 Å². The van der Waals surface area contributed by atoms with Crippen LogP contribution in [0.3, 0.4) is 0 Å². The third-order valence-electron chi connectivity index (χ3n) is 3.78. The number of sulfonamides is 1. The molecule has 1 heterocycles. The van der Waals surface area contributed by atoms with Crippen molar-refractivity contribution in [1.29, 1.82) is 0 Å². The molecule has 0 atom stereocenters. The maximum atomic E-state index is 12.6. The highest BCUT2D eigenvalue weighted by Crippen LogP contribution is 2.28. The highest BCUT2D eigenvalue weighted by atomic mass is 35.5. The van der Waals surface area contributed by atoms with Crippen molar-refractivity contribution in [3.63, 3.8) is 0 Å². The zero-order chi connectivity index (χ0) is 21.0. The maximum Gasteiger partial charge on any atom is 0.270 e. The predicted molar refractivity (Wildman–Crippen MR) is 108 cm³/mol. The number of non-ortho nitro benzene ring substituents is 1. The summed E-state index contributed by atoms with van der Waals surface area (Å²) in [5.41, 5.74) is 1.19. The summed E-state index contributed by atoms with van der Waals surface area (Å²) < 4.78 is 32.8. The van der Waals surface area contributed by atoms with E-state index in [2.05, 4.69) is 14.9 Å². The summed E-state index contributed by atoms with van der Waals surface area (Å²) in [4.78, 5) is 9.84. The van der Waals surface area contributed by atoms with Crippen molar-refractivity contribution < 1.29 is 18.1 Å². The van der Waals surface area contributed by atoms with E-state index in [4.69, 9.17) is 16.3 Å². The lowest BCUT2D eigenvalue weighted by molar-refractivity contribution is -0.385. The maximum absolute atomic E-state index is 12.6. The van der Waals surface area contributed by atoms with Gasteiger partial charge in [0.05, 0.1) is 22.2 Å². The van der Waals surface area contributed by atoms with Gasteiger partial charge in [0.1, 0.15) is 4.90 Å². The number of hydrogen-bond acceptors (Lipinski definition) is 7. The Kier molecular flexibility index (Phi) is 5.95. The molecule has 0 amide bonds. The molecular formula is C18H15ClN4O5S. The fourth-order valence-electron chi connectivity index (χ4n) is 2.43. The van der Waals surface area contributed by atoms with Gasteiger partial charge in [-0.05, 0) is 31.2 Å². The van der Waals surface area contributed by atoms with E-state index in [0.717, 1.165) is 17.7 Å². The molecule has 150 valence electrons. The van der Waals surface area contributed by atoms with E-state index in [1.807, 2.05) is 6.92 Å². The quantitative estimate of drug-likeness (QED) is 0.441. The number of nitro benzene ring substituents is 1. The lowest BCUT2D eigenvalue weighted by atomic mass is 10.1. The number of anilines is 1. The zero-order valence-electron chi connectivity index (χ0n) is 15.1. The van der Waals surface area contributed by atoms with Crippen molar-refractivity contribution in [2.24, 2.45) is 0 Å². The summed E-state index contributed by atoms with van der Waals surface area (Å²) in [7, 11) is -4.12. The highest BCUT2D eigenvalue weighted by molar-refractivity contribution is 7.92. The summed E-state index contributed by atoms with van der Waals surface area (Å²) in [6, 6.07) is 13.0. The minimum atomic E-state index is -4.12. The fourth-order valence-corrected chi connectivity index (χ4v) is 4.01. The van der Waals surface area contributed by atoms with E-state index in [9.17, 15) is 18.5 Å². The second-order valence-corrected chi connectivity index (χ2v) is 7.80. The minimum Gasteiger partial charge on any atom is -0.477 e. The first-order valence-electron chi connectivity index (χ1n) is 8.34. The Balaban J connectivity index is 1.82. The Morgan fingerprint density at radius 1 is 1.10 bits per heavy atom. The van der Waals surface area contributed by atoms with Gasteiger partial charge < -0.3 is 4.74 Å². The van der Waals surface area contributed by atoms with Crippen LogP contribution in [-0.2, 0) is 10.0 Å². The molecule has 3 aromatic rings. The van der Waals surface area contributed by atoms with Crippen LogP contribution < -0.4 is 9.46 Å². The molecule has 3 rings (SSSR count). The van der Waals surface area contributed by atoms with Crippen LogP contribution in [0.15, 0.2) is 59.5 Å². The summed E-state index contributed by atoms with van der Waals surface area (Å²) in [6.07, 6.45) is 0. The van der Waals surface area contributed by atoms with E-state index < -0.39 is 14.9 Å². The largest absolute Gasteiger partial charge is 0.477 e. The molecule has 2 aromatic carbocycles. The molecule has 1 N–H and O–H groups in total. The predicted octanol–water partition coefficient (Wildman–Crippen LogP) is 3.90. The van der Waals surface area contributed by atoms with Crippen molar-refractivity contribution in [2.75, 3.05) is 11.3 Å². The molecule has 0 spiro atoms. The number of halogens is 1. The van der Waals surface area contributed by atoms with Crippen LogP contribution in [-0.4, -0.2) is 30.1 Å². The molecule has 0 bridgehead atoms. The van der Waals surface area contributed by atoms with Gasteiger partial charge in [-0.3, -0.25) is 14.8 Å². The van der Waals surface area contributed by atoms with Gasteiger partial charge in [-0.2, -0.15) is 0 Å². The van der Waals surface area contributed by atoms with Gasteiger partial charge in [-0.1, -0.05) is 23.7 Å². The number of ether oxygens (including phenoxy) is 1. The fraction of sp³-hybridized carbons (Fsp3) is 0.111. The lowest BCUT2D eigenvalue weighted by Gasteiger charge is -2.10.